The largest absolute Gasteiger partial charge is 0.489 e. The van der Waals surface area contributed by atoms with E-state index in [1.54, 1.807) is 18.2 Å². The van der Waals surface area contributed by atoms with Crippen molar-refractivity contribution in [1.29, 1.82) is 5.26 Å². The van der Waals surface area contributed by atoms with Crippen LogP contribution in [0.5, 0.6) is 5.75 Å². The number of rotatable bonds is 3. The number of piperidine rings is 1. The lowest BCUT2D eigenvalue weighted by molar-refractivity contribution is 0.0464. The summed E-state index contributed by atoms with van der Waals surface area (Å²) in [5.74, 6) is 0.363. The Hall–Kier alpha value is -1.87. The molecule has 1 saturated heterocycles. The Kier molecular flexibility index (Phi) is 4.17. The number of hydrogen-bond acceptors (Lipinski definition) is 4. The van der Waals surface area contributed by atoms with Gasteiger partial charge in [-0.15, -0.1) is 0 Å². The van der Waals surface area contributed by atoms with Gasteiger partial charge in [0.1, 0.15) is 23.5 Å². The molecule has 0 aliphatic carbocycles. The first-order valence-electron chi connectivity index (χ1n) is 6.08. The number of nitrogens with one attached hydrogen (secondary N) is 1. The van der Waals surface area contributed by atoms with Gasteiger partial charge in [-0.05, 0) is 25.1 Å². The fraction of sp³-hybridized carbons (Fsp3) is 0.462. The first-order chi connectivity index (χ1) is 9.11. The normalized spacial score (nSPS) is 23.1. The third kappa shape index (κ3) is 3.12. The van der Waals surface area contributed by atoms with Crippen LogP contribution in [-0.2, 0) is 0 Å². The molecule has 102 valence electrons. The Morgan fingerprint density at radius 1 is 1.47 bits per heavy atom. The van der Waals surface area contributed by atoms with E-state index in [1.165, 1.54) is 0 Å². The molecule has 2 atom stereocenters. The summed E-state index contributed by atoms with van der Waals surface area (Å²) in [7, 11) is 0. The molecule has 0 saturated carbocycles. The number of ether oxygens (including phenoxy) is 1. The van der Waals surface area contributed by atoms with Crippen LogP contribution >= 0.6 is 0 Å². The van der Waals surface area contributed by atoms with Crippen LogP contribution in [0.4, 0.5) is 14.5 Å². The molecule has 1 heterocycles. The number of hydrogen-bond donors (Lipinski definition) is 2. The summed E-state index contributed by atoms with van der Waals surface area (Å²) in [5.41, 5.74) is 6.27. The van der Waals surface area contributed by atoms with Crippen molar-refractivity contribution >= 4 is 5.69 Å². The summed E-state index contributed by atoms with van der Waals surface area (Å²) in [5, 5.41) is 11.8. The maximum absolute atomic E-state index is 12.7. The predicted octanol–water partition coefficient (Wildman–Crippen LogP) is 1.90. The zero-order valence-electron chi connectivity index (χ0n) is 10.3. The number of halogens is 2. The monoisotopic (exact) mass is 267 g/mol. The van der Waals surface area contributed by atoms with E-state index in [1.807, 2.05) is 6.07 Å². The van der Waals surface area contributed by atoms with Gasteiger partial charge in [0, 0.05) is 6.42 Å². The van der Waals surface area contributed by atoms with Crippen LogP contribution in [0.3, 0.4) is 0 Å². The van der Waals surface area contributed by atoms with Crippen molar-refractivity contribution in [1.82, 2.24) is 5.32 Å². The van der Waals surface area contributed by atoms with Crippen LogP contribution in [0, 0.1) is 11.3 Å². The molecule has 2 unspecified atom stereocenters. The minimum atomic E-state index is -2.41. The van der Waals surface area contributed by atoms with Gasteiger partial charge in [0.25, 0.3) is 6.43 Å². The summed E-state index contributed by atoms with van der Waals surface area (Å²) in [4.78, 5) is 0. The van der Waals surface area contributed by atoms with Crippen molar-refractivity contribution in [3.63, 3.8) is 0 Å². The first-order valence-corrected chi connectivity index (χ1v) is 6.08. The Balaban J connectivity index is 2.09. The van der Waals surface area contributed by atoms with Gasteiger partial charge in [0.05, 0.1) is 11.7 Å². The third-order valence-electron chi connectivity index (χ3n) is 3.16. The fourth-order valence-electron chi connectivity index (χ4n) is 2.16. The van der Waals surface area contributed by atoms with Crippen LogP contribution in [0.2, 0.25) is 0 Å². The van der Waals surface area contributed by atoms with Crippen molar-refractivity contribution < 1.29 is 13.5 Å². The lowest BCUT2D eigenvalue weighted by atomic mass is 10.0. The Morgan fingerprint density at radius 2 is 2.26 bits per heavy atom. The van der Waals surface area contributed by atoms with Crippen LogP contribution < -0.4 is 15.8 Å². The molecule has 2 rings (SSSR count). The van der Waals surface area contributed by atoms with E-state index < -0.39 is 12.5 Å². The van der Waals surface area contributed by atoms with E-state index in [4.69, 9.17) is 15.7 Å². The van der Waals surface area contributed by atoms with Gasteiger partial charge >= 0.3 is 0 Å². The number of nitrogen functional groups attached to an aromatic ring is 1. The molecule has 1 aliphatic heterocycles. The molecule has 3 N–H and O–H groups in total. The summed E-state index contributed by atoms with van der Waals surface area (Å²) in [6.07, 6.45) is -1.89. The highest BCUT2D eigenvalue weighted by Crippen LogP contribution is 2.27. The maximum Gasteiger partial charge on any atom is 0.253 e. The second-order valence-corrected chi connectivity index (χ2v) is 4.49. The first kappa shape index (κ1) is 13.6. The number of nitriles is 1. The lowest BCUT2D eigenvalue weighted by Gasteiger charge is -2.30. The standard InChI is InChI=1S/C13H15F2N3O/c14-13(15)11-6-8(4-5-18-11)19-12-3-1-2-10(17)9(12)7-16/h1-3,8,11,13,18H,4-6,17H2. The van der Waals surface area contributed by atoms with Gasteiger partial charge < -0.3 is 15.8 Å². The Labute approximate surface area is 110 Å². The SMILES string of the molecule is N#Cc1c(N)cccc1OC1CCNC(C(F)F)C1. The van der Waals surface area contributed by atoms with E-state index in [0.717, 1.165) is 0 Å². The smallest absolute Gasteiger partial charge is 0.253 e. The molecule has 1 fully saturated rings. The van der Waals surface area contributed by atoms with Gasteiger partial charge in [-0.3, -0.25) is 0 Å². The van der Waals surface area contributed by atoms with Crippen molar-refractivity contribution in [3.05, 3.63) is 23.8 Å². The molecule has 1 aliphatic rings. The minimum Gasteiger partial charge on any atom is -0.489 e. The van der Waals surface area contributed by atoms with E-state index in [2.05, 4.69) is 5.32 Å². The van der Waals surface area contributed by atoms with Crippen molar-refractivity contribution in [2.75, 3.05) is 12.3 Å². The van der Waals surface area contributed by atoms with Crippen molar-refractivity contribution in [2.45, 2.75) is 31.4 Å². The van der Waals surface area contributed by atoms with E-state index in [9.17, 15) is 8.78 Å². The summed E-state index contributed by atoms with van der Waals surface area (Å²) < 4.78 is 31.0. The number of nitrogens with zero attached hydrogens (tertiary/aromatic N) is 1. The molecule has 1 aromatic carbocycles. The molecule has 0 aromatic heterocycles. The second-order valence-electron chi connectivity index (χ2n) is 4.49. The summed E-state index contributed by atoms with van der Waals surface area (Å²) in [6, 6.07) is 6.04. The fourth-order valence-corrected chi connectivity index (χ4v) is 2.16. The van der Waals surface area contributed by atoms with Gasteiger partial charge in [0.15, 0.2) is 0 Å². The molecule has 1 aromatic rings. The van der Waals surface area contributed by atoms with Gasteiger partial charge in [-0.2, -0.15) is 5.26 Å². The van der Waals surface area contributed by atoms with E-state index >= 15 is 0 Å². The highest BCUT2D eigenvalue weighted by Gasteiger charge is 2.29. The molecule has 0 radical (unpaired) electrons. The number of benzene rings is 1. The average molecular weight is 267 g/mol. The summed E-state index contributed by atoms with van der Waals surface area (Å²) in [6.45, 7) is 0.476. The quantitative estimate of drug-likeness (QED) is 0.821. The van der Waals surface area contributed by atoms with Crippen molar-refractivity contribution in [2.24, 2.45) is 0 Å². The number of nitrogens with two attached hydrogens (primary N) is 1. The van der Waals surface area contributed by atoms with E-state index in [-0.39, 0.29) is 18.1 Å². The van der Waals surface area contributed by atoms with Gasteiger partial charge in [0.2, 0.25) is 0 Å². The van der Waals surface area contributed by atoms with Crippen LogP contribution in [0.1, 0.15) is 18.4 Å². The molecule has 6 heteroatoms. The summed E-state index contributed by atoms with van der Waals surface area (Å²) >= 11 is 0. The topological polar surface area (TPSA) is 71.1 Å². The van der Waals surface area contributed by atoms with E-state index in [0.29, 0.717) is 24.4 Å². The van der Waals surface area contributed by atoms with Crippen LogP contribution in [0.15, 0.2) is 18.2 Å². The molecule has 0 amide bonds. The maximum atomic E-state index is 12.7. The van der Waals surface area contributed by atoms with Crippen LogP contribution in [-0.4, -0.2) is 25.1 Å². The van der Waals surface area contributed by atoms with Crippen molar-refractivity contribution in [3.8, 4) is 11.8 Å². The second kappa shape index (κ2) is 5.85. The zero-order valence-corrected chi connectivity index (χ0v) is 10.3. The number of alkyl halides is 2. The molecule has 0 bridgehead atoms. The Morgan fingerprint density at radius 3 is 2.95 bits per heavy atom. The third-order valence-corrected chi connectivity index (χ3v) is 3.16. The molecular weight excluding hydrogens is 252 g/mol. The van der Waals surface area contributed by atoms with Gasteiger partial charge in [-0.25, -0.2) is 8.78 Å². The molecule has 19 heavy (non-hydrogen) atoms. The lowest BCUT2D eigenvalue weighted by Crippen LogP contribution is -2.46. The highest BCUT2D eigenvalue weighted by molar-refractivity contribution is 5.60. The van der Waals surface area contributed by atoms with Crippen LogP contribution in [0.25, 0.3) is 0 Å². The molecule has 4 nitrogen and oxygen atoms in total. The minimum absolute atomic E-state index is 0.220. The molecule has 0 spiro atoms. The number of anilines is 1. The van der Waals surface area contributed by atoms with Gasteiger partial charge in [-0.1, -0.05) is 6.07 Å². The highest BCUT2D eigenvalue weighted by atomic mass is 19.3. The predicted molar refractivity (Wildman–Crippen MR) is 67.0 cm³/mol. The average Bonchev–Trinajstić information content (AvgIpc) is 2.39. The molecular formula is C13H15F2N3O. The Bertz CT molecular complexity index is 487. The zero-order chi connectivity index (χ0) is 13.8.